The van der Waals surface area contributed by atoms with Crippen molar-refractivity contribution in [1.82, 2.24) is 14.8 Å². The van der Waals surface area contributed by atoms with Gasteiger partial charge in [-0.3, -0.25) is 19.5 Å². The fourth-order valence-electron chi connectivity index (χ4n) is 2.38. The Kier molecular flexibility index (Phi) is 6.41. The lowest BCUT2D eigenvalue weighted by Gasteiger charge is -2.13. The van der Waals surface area contributed by atoms with Crippen LogP contribution in [-0.2, 0) is 4.79 Å². The number of carbonyl (C=O) groups is 1. The van der Waals surface area contributed by atoms with Gasteiger partial charge in [0.05, 0.1) is 26.6 Å². The molecule has 3 aromatic rings. The fraction of sp³-hybridized carbons (Fsp3) is 0.167. The molecular weight excluding hydrogens is 437 g/mol. The number of nitrogens with one attached hydrogen (secondary N) is 1. The zero-order valence-electron chi connectivity index (χ0n) is 15.3. The van der Waals surface area contributed by atoms with Crippen molar-refractivity contribution in [2.24, 2.45) is 0 Å². The van der Waals surface area contributed by atoms with Crippen LogP contribution in [0, 0.1) is 17.0 Å². The van der Waals surface area contributed by atoms with E-state index in [0.29, 0.717) is 10.2 Å². The highest BCUT2D eigenvalue weighted by Gasteiger charge is 2.20. The minimum atomic E-state index is -0.575. The van der Waals surface area contributed by atoms with E-state index in [1.165, 1.54) is 36.3 Å². The van der Waals surface area contributed by atoms with Gasteiger partial charge in [0.25, 0.3) is 5.69 Å². The largest absolute Gasteiger partial charge is 0.324 e. The van der Waals surface area contributed by atoms with Crippen LogP contribution in [0.5, 0.6) is 0 Å². The summed E-state index contributed by atoms with van der Waals surface area (Å²) in [4.78, 5) is 23.0. The van der Waals surface area contributed by atoms with E-state index in [4.69, 9.17) is 23.2 Å². The van der Waals surface area contributed by atoms with Crippen LogP contribution >= 0.6 is 35.0 Å². The molecule has 1 amide bonds. The smallest absolute Gasteiger partial charge is 0.271 e. The van der Waals surface area contributed by atoms with Crippen LogP contribution < -0.4 is 5.32 Å². The first-order valence-electron chi connectivity index (χ1n) is 8.34. The van der Waals surface area contributed by atoms with Gasteiger partial charge in [-0.15, -0.1) is 10.2 Å². The lowest BCUT2D eigenvalue weighted by atomic mass is 10.2. The third-order valence-electron chi connectivity index (χ3n) is 4.02. The van der Waals surface area contributed by atoms with Crippen LogP contribution in [0.15, 0.2) is 47.9 Å². The first-order valence-corrected chi connectivity index (χ1v) is 9.98. The maximum Gasteiger partial charge on any atom is 0.271 e. The Labute approximate surface area is 180 Å². The standard InChI is InChI=1S/C18H15Cl2N5O3S/c1-10-3-4-12(7-15(10)20)24-9-21-23-18(24)29-11(2)17(26)22-16-8-13(25(27)28)5-6-14(16)19/h3-9,11H,1-2H3,(H,22,26). The molecule has 0 saturated carbocycles. The summed E-state index contributed by atoms with van der Waals surface area (Å²) >= 11 is 13.4. The number of nitro benzene ring substituents is 1. The Morgan fingerprint density at radius 3 is 2.69 bits per heavy atom. The van der Waals surface area contributed by atoms with E-state index in [1.54, 1.807) is 17.6 Å². The molecular formula is C18H15Cl2N5O3S. The second kappa shape index (κ2) is 8.81. The first-order chi connectivity index (χ1) is 13.8. The number of hydrogen-bond acceptors (Lipinski definition) is 6. The first kappa shape index (κ1) is 21.1. The second-order valence-corrected chi connectivity index (χ2v) is 8.21. The van der Waals surface area contributed by atoms with Gasteiger partial charge in [-0.05, 0) is 37.6 Å². The minimum absolute atomic E-state index is 0.166. The molecule has 0 aliphatic heterocycles. The van der Waals surface area contributed by atoms with E-state index in [-0.39, 0.29) is 22.3 Å². The number of aromatic nitrogens is 3. The van der Waals surface area contributed by atoms with Crippen LogP contribution in [0.1, 0.15) is 12.5 Å². The number of non-ortho nitro benzene ring substituents is 1. The summed E-state index contributed by atoms with van der Waals surface area (Å²) in [6.45, 7) is 3.59. The third kappa shape index (κ3) is 4.87. The zero-order valence-corrected chi connectivity index (χ0v) is 17.6. The molecule has 29 heavy (non-hydrogen) atoms. The number of anilines is 1. The number of carbonyl (C=O) groups excluding carboxylic acids is 1. The topological polar surface area (TPSA) is 103 Å². The third-order valence-corrected chi connectivity index (χ3v) is 5.81. The van der Waals surface area contributed by atoms with E-state index in [0.717, 1.165) is 11.3 Å². The SMILES string of the molecule is Cc1ccc(-n2cnnc2SC(C)C(=O)Nc2cc([N+](=O)[O-])ccc2Cl)cc1Cl. The zero-order chi connectivity index (χ0) is 21.1. The van der Waals surface area contributed by atoms with Gasteiger partial charge in [0.15, 0.2) is 5.16 Å². The highest BCUT2D eigenvalue weighted by atomic mass is 35.5. The van der Waals surface area contributed by atoms with Crippen molar-refractivity contribution >= 4 is 52.2 Å². The van der Waals surface area contributed by atoms with E-state index in [9.17, 15) is 14.9 Å². The summed E-state index contributed by atoms with van der Waals surface area (Å²) in [5.41, 5.74) is 1.72. The normalized spacial score (nSPS) is 11.9. The molecule has 1 unspecified atom stereocenters. The van der Waals surface area contributed by atoms with Crippen molar-refractivity contribution in [2.45, 2.75) is 24.3 Å². The Hall–Kier alpha value is -2.62. The molecule has 0 spiro atoms. The Morgan fingerprint density at radius 1 is 1.24 bits per heavy atom. The molecule has 0 bridgehead atoms. The molecule has 3 rings (SSSR count). The summed E-state index contributed by atoms with van der Waals surface area (Å²) in [5, 5.41) is 22.3. The van der Waals surface area contributed by atoms with E-state index >= 15 is 0 Å². The van der Waals surface area contributed by atoms with E-state index in [2.05, 4.69) is 15.5 Å². The molecule has 0 radical (unpaired) electrons. The van der Waals surface area contributed by atoms with Gasteiger partial charge in [0.2, 0.25) is 5.91 Å². The Balaban J connectivity index is 1.76. The highest BCUT2D eigenvalue weighted by Crippen LogP contribution is 2.29. The van der Waals surface area contributed by atoms with Gasteiger partial charge in [-0.2, -0.15) is 0 Å². The quantitative estimate of drug-likeness (QED) is 0.324. The number of thioether (sulfide) groups is 1. The summed E-state index contributed by atoms with van der Waals surface area (Å²) in [5.74, 6) is -0.381. The van der Waals surface area contributed by atoms with Crippen LogP contribution in [0.25, 0.3) is 5.69 Å². The number of aryl methyl sites for hydroxylation is 1. The van der Waals surface area contributed by atoms with Crippen LogP contribution in [0.3, 0.4) is 0 Å². The number of nitro groups is 1. The van der Waals surface area contributed by atoms with Gasteiger partial charge in [-0.1, -0.05) is 41.0 Å². The average Bonchev–Trinajstić information content (AvgIpc) is 3.13. The predicted molar refractivity (Wildman–Crippen MR) is 113 cm³/mol. The summed E-state index contributed by atoms with van der Waals surface area (Å²) in [7, 11) is 0. The van der Waals surface area contributed by atoms with Crippen LogP contribution in [0.2, 0.25) is 10.0 Å². The minimum Gasteiger partial charge on any atom is -0.324 e. The molecule has 11 heteroatoms. The van der Waals surface area contributed by atoms with Crippen molar-refractivity contribution in [3.63, 3.8) is 0 Å². The van der Waals surface area contributed by atoms with Crippen molar-refractivity contribution in [2.75, 3.05) is 5.32 Å². The fourth-order valence-corrected chi connectivity index (χ4v) is 3.56. The Bertz CT molecular complexity index is 1090. The van der Waals surface area contributed by atoms with Gasteiger partial charge in [0.1, 0.15) is 6.33 Å². The lowest BCUT2D eigenvalue weighted by molar-refractivity contribution is -0.384. The molecule has 1 N–H and O–H groups in total. The number of hydrogen-bond donors (Lipinski definition) is 1. The van der Waals surface area contributed by atoms with Crippen molar-refractivity contribution in [3.05, 3.63) is 68.4 Å². The summed E-state index contributed by atoms with van der Waals surface area (Å²) in [6.07, 6.45) is 1.53. The molecule has 0 saturated heterocycles. The lowest BCUT2D eigenvalue weighted by Crippen LogP contribution is -2.23. The van der Waals surface area contributed by atoms with E-state index in [1.807, 2.05) is 19.1 Å². The highest BCUT2D eigenvalue weighted by molar-refractivity contribution is 8.00. The van der Waals surface area contributed by atoms with Gasteiger partial charge < -0.3 is 5.32 Å². The molecule has 0 aliphatic rings. The van der Waals surface area contributed by atoms with E-state index < -0.39 is 10.2 Å². The second-order valence-electron chi connectivity index (χ2n) is 6.09. The number of benzene rings is 2. The van der Waals surface area contributed by atoms with Gasteiger partial charge in [-0.25, -0.2) is 0 Å². The van der Waals surface area contributed by atoms with Crippen molar-refractivity contribution in [3.8, 4) is 5.69 Å². The van der Waals surface area contributed by atoms with Gasteiger partial charge >= 0.3 is 0 Å². The maximum absolute atomic E-state index is 12.6. The molecule has 1 atom stereocenters. The molecule has 2 aromatic carbocycles. The molecule has 1 aromatic heterocycles. The van der Waals surface area contributed by atoms with Crippen molar-refractivity contribution in [1.29, 1.82) is 0 Å². The molecule has 8 nitrogen and oxygen atoms in total. The van der Waals surface area contributed by atoms with Gasteiger partial charge in [0, 0.05) is 17.2 Å². The number of amides is 1. The Morgan fingerprint density at radius 2 is 2.00 bits per heavy atom. The summed E-state index contributed by atoms with van der Waals surface area (Å²) < 4.78 is 1.72. The molecule has 0 fully saturated rings. The summed E-state index contributed by atoms with van der Waals surface area (Å²) in [6, 6.07) is 9.40. The molecule has 1 heterocycles. The predicted octanol–water partition coefficient (Wildman–Crippen LogP) is 4.91. The number of nitrogens with zero attached hydrogens (tertiary/aromatic N) is 4. The maximum atomic E-state index is 12.6. The monoisotopic (exact) mass is 451 g/mol. The number of halogens is 2. The molecule has 0 aliphatic carbocycles. The molecule has 150 valence electrons. The van der Waals surface area contributed by atoms with Crippen molar-refractivity contribution < 1.29 is 9.72 Å². The number of rotatable bonds is 6. The average molecular weight is 452 g/mol. The van der Waals surface area contributed by atoms with Crippen LogP contribution in [-0.4, -0.2) is 30.8 Å². The van der Waals surface area contributed by atoms with Crippen LogP contribution in [0.4, 0.5) is 11.4 Å².